The highest BCUT2D eigenvalue weighted by atomic mass is 32.1. The Balaban J connectivity index is 2.45. The lowest BCUT2D eigenvalue weighted by Crippen LogP contribution is -2.40. The molecule has 0 atom stereocenters. The zero-order valence-electron chi connectivity index (χ0n) is 11.2. The summed E-state index contributed by atoms with van der Waals surface area (Å²) in [5, 5.41) is 0. The molecule has 0 spiro atoms. The van der Waals surface area contributed by atoms with E-state index in [-0.39, 0.29) is 0 Å². The van der Waals surface area contributed by atoms with Crippen molar-refractivity contribution in [2.45, 2.75) is 58.8 Å². The minimum atomic E-state index is 0.533. The minimum absolute atomic E-state index is 0.533. The van der Waals surface area contributed by atoms with Crippen LogP contribution in [0.5, 0.6) is 0 Å². The molecular formula is C14H29NS. The summed E-state index contributed by atoms with van der Waals surface area (Å²) in [5.74, 6) is 1.08. The summed E-state index contributed by atoms with van der Waals surface area (Å²) >= 11 is 4.63. The summed E-state index contributed by atoms with van der Waals surface area (Å²) in [7, 11) is 0. The summed E-state index contributed by atoms with van der Waals surface area (Å²) in [4.78, 5) is 2.64. The third kappa shape index (κ3) is 4.29. The summed E-state index contributed by atoms with van der Waals surface area (Å²) in [5.41, 5.74) is 0.533. The second kappa shape index (κ2) is 7.60. The van der Waals surface area contributed by atoms with Crippen LogP contribution in [-0.2, 0) is 0 Å². The molecule has 0 radical (unpaired) electrons. The molecule has 2 heteroatoms. The van der Waals surface area contributed by atoms with Crippen molar-refractivity contribution < 1.29 is 0 Å². The van der Waals surface area contributed by atoms with E-state index in [1.165, 1.54) is 64.6 Å². The Kier molecular flexibility index (Phi) is 6.83. The van der Waals surface area contributed by atoms with Crippen molar-refractivity contribution in [1.82, 2.24) is 4.90 Å². The van der Waals surface area contributed by atoms with Crippen molar-refractivity contribution in [2.75, 3.05) is 25.4 Å². The van der Waals surface area contributed by atoms with E-state index in [1.807, 2.05) is 0 Å². The van der Waals surface area contributed by atoms with Crippen LogP contribution in [0, 0.1) is 5.41 Å². The number of hydrogen-bond donors (Lipinski definition) is 1. The quantitative estimate of drug-likeness (QED) is 0.662. The molecule has 1 saturated carbocycles. The molecule has 1 nitrogen and oxygen atoms in total. The first-order chi connectivity index (χ1) is 7.76. The zero-order chi connectivity index (χ0) is 11.9. The molecule has 1 aliphatic carbocycles. The third-order valence-corrected chi connectivity index (χ3v) is 4.75. The fourth-order valence-corrected chi connectivity index (χ4v) is 3.29. The summed E-state index contributed by atoms with van der Waals surface area (Å²) in [6.45, 7) is 8.35. The highest BCUT2D eigenvalue weighted by Gasteiger charge is 2.31. The van der Waals surface area contributed by atoms with Gasteiger partial charge in [0.15, 0.2) is 0 Å². The Hall–Kier alpha value is 0.310. The van der Waals surface area contributed by atoms with Crippen LogP contribution in [-0.4, -0.2) is 30.3 Å². The van der Waals surface area contributed by atoms with Gasteiger partial charge in [-0.15, -0.1) is 0 Å². The molecule has 16 heavy (non-hydrogen) atoms. The average molecular weight is 243 g/mol. The van der Waals surface area contributed by atoms with Crippen LogP contribution in [0.25, 0.3) is 0 Å². The van der Waals surface area contributed by atoms with Crippen LogP contribution in [0.1, 0.15) is 58.8 Å². The van der Waals surface area contributed by atoms with Crippen LogP contribution in [0.4, 0.5) is 0 Å². The third-order valence-electron chi connectivity index (χ3n) is 4.08. The van der Waals surface area contributed by atoms with E-state index >= 15 is 0 Å². The molecule has 0 aromatic rings. The van der Waals surface area contributed by atoms with E-state index in [9.17, 15) is 0 Å². The molecule has 0 aromatic heterocycles. The van der Waals surface area contributed by atoms with Gasteiger partial charge in [0.2, 0.25) is 0 Å². The molecule has 0 aliphatic heterocycles. The fourth-order valence-electron chi connectivity index (χ4n) is 2.87. The second-order valence-corrected chi connectivity index (χ2v) is 5.76. The van der Waals surface area contributed by atoms with Gasteiger partial charge in [-0.2, -0.15) is 12.6 Å². The Morgan fingerprint density at radius 1 is 1.12 bits per heavy atom. The first-order valence-corrected chi connectivity index (χ1v) is 7.73. The lowest BCUT2D eigenvalue weighted by molar-refractivity contribution is 0.128. The van der Waals surface area contributed by atoms with Crippen molar-refractivity contribution in [3.05, 3.63) is 0 Å². The molecule has 0 amide bonds. The molecule has 1 aliphatic rings. The Labute approximate surface area is 107 Å². The molecule has 1 fully saturated rings. The summed E-state index contributed by atoms with van der Waals surface area (Å²) in [6, 6.07) is 0. The Morgan fingerprint density at radius 2 is 1.81 bits per heavy atom. The smallest absolute Gasteiger partial charge is 0.00457 e. The van der Waals surface area contributed by atoms with Gasteiger partial charge >= 0.3 is 0 Å². The maximum atomic E-state index is 4.63. The first-order valence-electron chi connectivity index (χ1n) is 7.09. The van der Waals surface area contributed by atoms with Gasteiger partial charge < -0.3 is 4.90 Å². The van der Waals surface area contributed by atoms with Gasteiger partial charge in [-0.25, -0.2) is 0 Å². The number of rotatable bonds is 7. The highest BCUT2D eigenvalue weighted by Crippen LogP contribution is 2.38. The lowest BCUT2D eigenvalue weighted by Gasteiger charge is -2.40. The molecular weight excluding hydrogens is 214 g/mol. The maximum absolute atomic E-state index is 4.63. The van der Waals surface area contributed by atoms with E-state index in [0.29, 0.717) is 5.41 Å². The second-order valence-electron chi connectivity index (χ2n) is 5.44. The zero-order valence-corrected chi connectivity index (χ0v) is 12.1. The highest BCUT2D eigenvalue weighted by molar-refractivity contribution is 7.80. The molecule has 96 valence electrons. The van der Waals surface area contributed by atoms with Gasteiger partial charge in [0.1, 0.15) is 0 Å². The van der Waals surface area contributed by atoms with Crippen molar-refractivity contribution >= 4 is 12.6 Å². The number of thiol groups is 1. The monoisotopic (exact) mass is 243 g/mol. The van der Waals surface area contributed by atoms with Crippen LogP contribution in [0.3, 0.4) is 0 Å². The molecule has 1 rings (SSSR count). The summed E-state index contributed by atoms with van der Waals surface area (Å²) < 4.78 is 0. The van der Waals surface area contributed by atoms with E-state index in [2.05, 4.69) is 31.4 Å². The molecule has 0 heterocycles. The van der Waals surface area contributed by atoms with Crippen LogP contribution >= 0.6 is 12.6 Å². The Bertz CT molecular complexity index is 176. The number of hydrogen-bond acceptors (Lipinski definition) is 2. The lowest BCUT2D eigenvalue weighted by atomic mass is 9.75. The summed E-state index contributed by atoms with van der Waals surface area (Å²) in [6.07, 6.45) is 9.74. The van der Waals surface area contributed by atoms with Gasteiger partial charge in [0.05, 0.1) is 0 Å². The molecule has 0 aromatic carbocycles. The average Bonchev–Trinajstić information content (AvgIpc) is 2.35. The molecule has 0 bridgehead atoms. The Morgan fingerprint density at radius 3 is 2.31 bits per heavy atom. The predicted molar refractivity (Wildman–Crippen MR) is 76.4 cm³/mol. The van der Waals surface area contributed by atoms with Crippen LogP contribution in [0.15, 0.2) is 0 Å². The van der Waals surface area contributed by atoms with Crippen molar-refractivity contribution in [1.29, 1.82) is 0 Å². The van der Waals surface area contributed by atoms with Crippen molar-refractivity contribution in [3.8, 4) is 0 Å². The van der Waals surface area contributed by atoms with Gasteiger partial charge in [-0.1, -0.05) is 39.5 Å². The fraction of sp³-hybridized carbons (Fsp3) is 1.00. The number of nitrogens with zero attached hydrogens (tertiary/aromatic N) is 1. The standard InChI is InChI=1S/C14H29NS/c1-3-5-11-15(4-2)12-14(13-16)9-7-6-8-10-14/h16H,3-13H2,1-2H3. The van der Waals surface area contributed by atoms with E-state index in [4.69, 9.17) is 0 Å². The van der Waals surface area contributed by atoms with Crippen molar-refractivity contribution in [2.24, 2.45) is 5.41 Å². The minimum Gasteiger partial charge on any atom is -0.303 e. The maximum Gasteiger partial charge on any atom is 0.00457 e. The normalized spacial score (nSPS) is 20.2. The molecule has 0 saturated heterocycles. The van der Waals surface area contributed by atoms with Crippen LogP contribution < -0.4 is 0 Å². The van der Waals surface area contributed by atoms with Gasteiger partial charge in [-0.05, 0) is 43.5 Å². The topological polar surface area (TPSA) is 3.24 Å². The van der Waals surface area contributed by atoms with Gasteiger partial charge in [-0.3, -0.25) is 0 Å². The van der Waals surface area contributed by atoms with Crippen LogP contribution in [0.2, 0.25) is 0 Å². The molecule has 0 unspecified atom stereocenters. The van der Waals surface area contributed by atoms with Gasteiger partial charge in [0.25, 0.3) is 0 Å². The SMILES string of the molecule is CCCCN(CC)CC1(CS)CCCCC1. The van der Waals surface area contributed by atoms with Crippen molar-refractivity contribution in [3.63, 3.8) is 0 Å². The first kappa shape index (κ1) is 14.4. The predicted octanol–water partition coefficient (Wildman–Crippen LogP) is 3.99. The number of unbranched alkanes of at least 4 members (excludes halogenated alkanes) is 1. The van der Waals surface area contributed by atoms with E-state index in [0.717, 1.165) is 5.75 Å². The molecule has 0 N–H and O–H groups in total. The van der Waals surface area contributed by atoms with E-state index in [1.54, 1.807) is 0 Å². The van der Waals surface area contributed by atoms with E-state index < -0.39 is 0 Å². The largest absolute Gasteiger partial charge is 0.303 e. The van der Waals surface area contributed by atoms with Gasteiger partial charge in [0, 0.05) is 6.54 Å².